The first-order chi connectivity index (χ1) is 6.16. The zero-order chi connectivity index (χ0) is 10.1. The van der Waals surface area contributed by atoms with Crippen molar-refractivity contribution in [2.45, 2.75) is 33.3 Å². The first kappa shape index (κ1) is 12.3. The molecule has 0 bridgehead atoms. The fourth-order valence-electron chi connectivity index (χ4n) is 0.884. The number of halogens is 2. The molecule has 0 fully saturated rings. The van der Waals surface area contributed by atoms with Crippen molar-refractivity contribution in [1.29, 1.82) is 0 Å². The second-order valence-corrected chi connectivity index (χ2v) is 2.68. The monoisotopic (exact) mass is 190 g/mol. The minimum atomic E-state index is -2.65. The Labute approximate surface area is 78.1 Å². The Morgan fingerprint density at radius 3 is 2.69 bits per heavy atom. The second kappa shape index (κ2) is 7.92. The standard InChI is InChI=1S/C10H16F2O/c1-3-6-9(2)7-4-5-8-13-10(11)12/h4,6-7,10H,3,5,8H2,1-2H3/b7-4?,9-6-. The molecule has 0 radical (unpaired) electrons. The fraction of sp³-hybridized carbons (Fsp3) is 0.600. The molecule has 1 nitrogen and oxygen atoms in total. The maximum absolute atomic E-state index is 11.5. The summed E-state index contributed by atoms with van der Waals surface area (Å²) in [5, 5.41) is 0. The molecule has 0 saturated carbocycles. The van der Waals surface area contributed by atoms with Crippen LogP contribution in [0.15, 0.2) is 23.8 Å². The quantitative estimate of drug-likeness (QED) is 0.460. The number of hydrogen-bond donors (Lipinski definition) is 0. The van der Waals surface area contributed by atoms with Crippen molar-refractivity contribution in [3.8, 4) is 0 Å². The van der Waals surface area contributed by atoms with E-state index < -0.39 is 6.61 Å². The van der Waals surface area contributed by atoms with Crippen molar-refractivity contribution in [3.05, 3.63) is 23.8 Å². The normalized spacial score (nSPS) is 13.2. The summed E-state index contributed by atoms with van der Waals surface area (Å²) in [7, 11) is 0. The summed E-state index contributed by atoms with van der Waals surface area (Å²) in [5.74, 6) is 0. The van der Waals surface area contributed by atoms with E-state index in [0.29, 0.717) is 6.42 Å². The summed E-state index contributed by atoms with van der Waals surface area (Å²) in [6, 6.07) is 0. The van der Waals surface area contributed by atoms with E-state index in [0.717, 1.165) is 12.0 Å². The van der Waals surface area contributed by atoms with Gasteiger partial charge in [0.2, 0.25) is 0 Å². The van der Waals surface area contributed by atoms with Crippen LogP contribution in [-0.2, 0) is 4.74 Å². The molecule has 0 aliphatic rings. The highest BCUT2D eigenvalue weighted by Gasteiger charge is 1.97. The highest BCUT2D eigenvalue weighted by Crippen LogP contribution is 2.00. The molecule has 0 N–H and O–H groups in total. The molecule has 0 spiro atoms. The minimum Gasteiger partial charge on any atom is -0.323 e. The van der Waals surface area contributed by atoms with Crippen molar-refractivity contribution >= 4 is 0 Å². The maximum Gasteiger partial charge on any atom is 0.345 e. The smallest absolute Gasteiger partial charge is 0.323 e. The van der Waals surface area contributed by atoms with Gasteiger partial charge in [-0.05, 0) is 19.8 Å². The molecule has 0 aliphatic carbocycles. The van der Waals surface area contributed by atoms with Crippen LogP contribution in [0.25, 0.3) is 0 Å². The molecular weight excluding hydrogens is 174 g/mol. The molecule has 0 aromatic carbocycles. The summed E-state index contributed by atoms with van der Waals surface area (Å²) in [4.78, 5) is 0. The molecule has 0 heterocycles. The third-order valence-corrected chi connectivity index (χ3v) is 1.44. The van der Waals surface area contributed by atoms with Gasteiger partial charge in [0.15, 0.2) is 0 Å². The first-order valence-electron chi connectivity index (χ1n) is 4.40. The van der Waals surface area contributed by atoms with Crippen LogP contribution in [-0.4, -0.2) is 13.2 Å². The van der Waals surface area contributed by atoms with E-state index in [-0.39, 0.29) is 6.61 Å². The number of allylic oxidation sites excluding steroid dienone is 3. The zero-order valence-electron chi connectivity index (χ0n) is 8.09. The summed E-state index contributed by atoms with van der Waals surface area (Å²) >= 11 is 0. The molecule has 0 saturated heterocycles. The third kappa shape index (κ3) is 9.21. The van der Waals surface area contributed by atoms with Crippen LogP contribution >= 0.6 is 0 Å². The van der Waals surface area contributed by atoms with E-state index in [4.69, 9.17) is 0 Å². The van der Waals surface area contributed by atoms with Gasteiger partial charge in [0, 0.05) is 0 Å². The van der Waals surface area contributed by atoms with Gasteiger partial charge in [0.1, 0.15) is 0 Å². The molecule has 0 rings (SSSR count). The molecule has 0 aromatic heterocycles. The van der Waals surface area contributed by atoms with E-state index in [1.165, 1.54) is 0 Å². The van der Waals surface area contributed by atoms with Crippen molar-refractivity contribution in [3.63, 3.8) is 0 Å². The third-order valence-electron chi connectivity index (χ3n) is 1.44. The largest absolute Gasteiger partial charge is 0.345 e. The molecule has 3 heteroatoms. The SMILES string of the molecule is CC/C=C(/C)C=CCCOC(F)F. The summed E-state index contributed by atoms with van der Waals surface area (Å²) in [6.45, 7) is 1.46. The molecular formula is C10H16F2O. The Morgan fingerprint density at radius 2 is 2.15 bits per heavy atom. The number of hydrogen-bond acceptors (Lipinski definition) is 1. The molecule has 0 aliphatic heterocycles. The van der Waals surface area contributed by atoms with Crippen LogP contribution in [0.3, 0.4) is 0 Å². The summed E-state index contributed by atoms with van der Waals surface area (Å²) in [6.07, 6.45) is 7.34. The molecule has 0 aromatic rings. The van der Waals surface area contributed by atoms with Crippen LogP contribution in [0, 0.1) is 0 Å². The Morgan fingerprint density at radius 1 is 1.46 bits per heavy atom. The van der Waals surface area contributed by atoms with Crippen molar-refractivity contribution in [1.82, 2.24) is 0 Å². The van der Waals surface area contributed by atoms with E-state index in [1.54, 1.807) is 0 Å². The van der Waals surface area contributed by atoms with Gasteiger partial charge in [-0.15, -0.1) is 0 Å². The highest BCUT2D eigenvalue weighted by molar-refractivity contribution is 5.15. The predicted molar refractivity (Wildman–Crippen MR) is 49.8 cm³/mol. The van der Waals surface area contributed by atoms with Gasteiger partial charge < -0.3 is 4.74 Å². The Kier molecular flexibility index (Phi) is 7.50. The second-order valence-electron chi connectivity index (χ2n) is 2.68. The minimum absolute atomic E-state index is 0.0770. The first-order valence-corrected chi connectivity index (χ1v) is 4.40. The van der Waals surface area contributed by atoms with Gasteiger partial charge in [0.25, 0.3) is 0 Å². The van der Waals surface area contributed by atoms with Crippen molar-refractivity contribution in [2.24, 2.45) is 0 Å². The van der Waals surface area contributed by atoms with Crippen molar-refractivity contribution in [2.75, 3.05) is 6.61 Å². The summed E-state index contributed by atoms with van der Waals surface area (Å²) in [5.41, 5.74) is 1.15. The Balaban J connectivity index is 3.46. The van der Waals surface area contributed by atoms with Gasteiger partial charge in [-0.25, -0.2) is 0 Å². The van der Waals surface area contributed by atoms with E-state index in [1.807, 2.05) is 19.1 Å². The highest BCUT2D eigenvalue weighted by atomic mass is 19.3. The lowest BCUT2D eigenvalue weighted by atomic mass is 10.2. The Hall–Kier alpha value is -0.700. The molecule has 13 heavy (non-hydrogen) atoms. The molecule has 76 valence electrons. The summed E-state index contributed by atoms with van der Waals surface area (Å²) < 4.78 is 27.0. The van der Waals surface area contributed by atoms with Crippen LogP contribution in [0.4, 0.5) is 8.78 Å². The van der Waals surface area contributed by atoms with Gasteiger partial charge >= 0.3 is 6.61 Å². The van der Waals surface area contributed by atoms with E-state index >= 15 is 0 Å². The molecule has 0 atom stereocenters. The van der Waals surface area contributed by atoms with E-state index in [9.17, 15) is 8.78 Å². The number of ether oxygens (including phenoxy) is 1. The Bertz CT molecular complexity index is 174. The molecule has 0 unspecified atom stereocenters. The van der Waals surface area contributed by atoms with Gasteiger partial charge in [-0.3, -0.25) is 0 Å². The lowest BCUT2D eigenvalue weighted by molar-refractivity contribution is -0.127. The average molecular weight is 190 g/mol. The number of alkyl halides is 2. The lowest BCUT2D eigenvalue weighted by Crippen LogP contribution is -1.99. The lowest BCUT2D eigenvalue weighted by Gasteiger charge is -1.98. The topological polar surface area (TPSA) is 9.23 Å². The van der Waals surface area contributed by atoms with Gasteiger partial charge in [-0.1, -0.05) is 30.7 Å². The van der Waals surface area contributed by atoms with Crippen LogP contribution in [0.1, 0.15) is 26.7 Å². The molecule has 0 amide bonds. The maximum atomic E-state index is 11.5. The van der Waals surface area contributed by atoms with E-state index in [2.05, 4.69) is 17.7 Å². The predicted octanol–water partition coefficient (Wildman–Crippen LogP) is 3.53. The van der Waals surface area contributed by atoms with Crippen LogP contribution < -0.4 is 0 Å². The fourth-order valence-corrected chi connectivity index (χ4v) is 0.884. The van der Waals surface area contributed by atoms with Crippen LogP contribution in [0.2, 0.25) is 0 Å². The average Bonchev–Trinajstić information content (AvgIpc) is 2.03. The number of rotatable bonds is 6. The van der Waals surface area contributed by atoms with Crippen molar-refractivity contribution < 1.29 is 13.5 Å². The zero-order valence-corrected chi connectivity index (χ0v) is 8.09. The van der Waals surface area contributed by atoms with Crippen LogP contribution in [0.5, 0.6) is 0 Å². The van der Waals surface area contributed by atoms with Gasteiger partial charge in [-0.2, -0.15) is 8.78 Å². The van der Waals surface area contributed by atoms with Gasteiger partial charge in [0.05, 0.1) is 6.61 Å².